The summed E-state index contributed by atoms with van der Waals surface area (Å²) in [5.41, 5.74) is 5.34. The summed E-state index contributed by atoms with van der Waals surface area (Å²) in [5.74, 6) is 2.86. The molecule has 0 aliphatic rings. The molecule has 0 aliphatic carbocycles. The smallest absolute Gasteiger partial charge is 0 e. The molecule has 0 saturated carbocycles. The van der Waals surface area contributed by atoms with Crippen molar-refractivity contribution in [3.63, 3.8) is 0 Å². The molecule has 64 heavy (non-hydrogen) atoms. The molecule has 6 rings (SSSR count). The number of aliphatic hydroxyl groups is 1. The molecule has 15 nitrogen and oxygen atoms in total. The van der Waals surface area contributed by atoms with Gasteiger partial charge < -0.3 is 60.9 Å². The Morgan fingerprint density at radius 1 is 0.828 bits per heavy atom. The van der Waals surface area contributed by atoms with Gasteiger partial charge in [-0.3, -0.25) is 4.43 Å². The Kier molecular flexibility index (Phi) is 35.3. The molecular formula is C42H61AlI3LiN10O5V2-2. The number of esters is 1. The van der Waals surface area contributed by atoms with Crippen LogP contribution in [0.4, 0.5) is 11.9 Å². The van der Waals surface area contributed by atoms with E-state index in [1.807, 2.05) is 73.7 Å². The molecule has 0 spiro atoms. The third kappa shape index (κ3) is 19.3. The second-order valence-corrected chi connectivity index (χ2v) is 26.3. The number of nitrogens with zero attached hydrogens (tertiary/aromatic N) is 8. The second kappa shape index (κ2) is 34.9. The molecule has 6 aromatic rings. The van der Waals surface area contributed by atoms with Crippen molar-refractivity contribution in [1.82, 2.24) is 39.2 Å². The van der Waals surface area contributed by atoms with Gasteiger partial charge in [0.2, 0.25) is 17.7 Å². The summed E-state index contributed by atoms with van der Waals surface area (Å²) in [5, 5.41) is 25.0. The van der Waals surface area contributed by atoms with Crippen LogP contribution in [0, 0.1) is 11.4 Å². The molecule has 3 N–H and O–H groups in total. The number of ether oxygens (including phenoxy) is 3. The van der Waals surface area contributed by atoms with Gasteiger partial charge in [-0.15, -0.1) is 0 Å². The van der Waals surface area contributed by atoms with Gasteiger partial charge in [0.05, 0.1) is 45.3 Å². The topological polar surface area (TPSA) is 175 Å². The van der Waals surface area contributed by atoms with Crippen LogP contribution >= 0.6 is 62.5 Å². The standard InChI is InChI=1S/C20H25N5O3.C18H23N5O2.C2H4I.C2H5.Al.2HI.Li.2V.4H/c1-6-28-19(26)17-23-18-16(12(2)3)11-21-25(18)20(24-17)22-13(4)14-8-7-9-15(10-14)27-5;1-11(2)15-9-19-23-17(15)21-16(10-24)22-18(23)20-12(3)13-6-5-7-14(8-13)25-4;1-2-3;1-2;;;;;;;;;;/h7-13H,6H2,1-5H3,(H,22,23,24);5-9,11-12,24H,10H2,1-4H3,(H,20,21,22);2H,1H3;1H2,2H3;;2*1H;;;;;;;/q;;2*-1;;;;+1;;+2;;;;-1/p-2/t13-;12-;;;;;;;;;;;;/m00............/s1. The van der Waals surface area contributed by atoms with Crippen molar-refractivity contribution < 1.29 is 72.4 Å². The molecule has 1 radical (unpaired) electrons. The zero-order valence-corrected chi connectivity index (χ0v) is 47.2. The van der Waals surface area contributed by atoms with Crippen LogP contribution in [-0.4, -0.2) is 88.4 Å². The summed E-state index contributed by atoms with van der Waals surface area (Å²) in [6.07, 6.45) is 3.56. The first-order valence-electron chi connectivity index (χ1n) is 19.4. The van der Waals surface area contributed by atoms with E-state index in [1.165, 1.54) is 0 Å². The van der Waals surface area contributed by atoms with Crippen molar-refractivity contribution in [3.05, 3.63) is 106 Å². The number of carbonyl (C=O) groups is 1. The third-order valence-corrected chi connectivity index (χ3v) is 8.56. The minimum atomic E-state index is -0.557. The first-order chi connectivity index (χ1) is 29.3. The van der Waals surface area contributed by atoms with Gasteiger partial charge in [0.25, 0.3) is 0 Å². The van der Waals surface area contributed by atoms with E-state index in [4.69, 9.17) is 14.2 Å². The van der Waals surface area contributed by atoms with E-state index >= 15 is 0 Å². The van der Waals surface area contributed by atoms with Crippen LogP contribution in [-0.2, 0) is 39.4 Å². The molecule has 4 aromatic heterocycles. The summed E-state index contributed by atoms with van der Waals surface area (Å²) in [4.78, 5) is 29.9. The number of hydrogen-bond acceptors (Lipinski definition) is 13. The number of carbonyl (C=O) groups excluding carboxylic acids is 1. The van der Waals surface area contributed by atoms with Gasteiger partial charge in [0.1, 0.15) is 18.1 Å². The molecule has 22 heteroatoms. The number of fused-ring (bicyclic) bond motifs is 2. The van der Waals surface area contributed by atoms with Crippen molar-refractivity contribution in [1.29, 1.82) is 0 Å². The molecule has 0 bridgehead atoms. The second-order valence-electron chi connectivity index (χ2n) is 13.3. The average molecular weight is 1300 g/mol. The van der Waals surface area contributed by atoms with Crippen LogP contribution in [0.2, 0.25) is 0 Å². The van der Waals surface area contributed by atoms with E-state index in [2.05, 4.69) is 138 Å². The number of benzene rings is 2. The molecule has 2 aromatic carbocycles. The van der Waals surface area contributed by atoms with Gasteiger partial charge in [-0.2, -0.15) is 43.0 Å². The molecule has 0 fully saturated rings. The van der Waals surface area contributed by atoms with Crippen molar-refractivity contribution in [2.75, 3.05) is 31.5 Å². The maximum absolute atomic E-state index is 12.3. The SMILES string of the molecule is CCOC(=O)c1nc(N[C@@H](C)c2cccc(OC)c2)n2ncc(C(C)C)c2n1.COc1cccc([C@H](C)Nc2nc(CO)nc3c(C(C)C)cnn23)c1.C[CH-]I.[AlH3].[CH2-]C.[H-].[I][V][I].[Li+].[V]. The van der Waals surface area contributed by atoms with E-state index in [0.717, 1.165) is 39.4 Å². The quantitative estimate of drug-likeness (QED) is 0.0485. The predicted octanol–water partition coefficient (Wildman–Crippen LogP) is 6.67. The number of hydrogen-bond donors (Lipinski definition) is 3. The molecule has 346 valence electrons. The maximum Gasteiger partial charge on any atom is 1.00 e. The molecular weight excluding hydrogens is 1240 g/mol. The number of aliphatic hydroxyl groups excluding tert-OH is 1. The summed E-state index contributed by atoms with van der Waals surface area (Å²) >= 11 is 6.90. The largest absolute Gasteiger partial charge is 1.00 e. The monoisotopic (exact) mass is 1300 g/mol. The van der Waals surface area contributed by atoms with Gasteiger partial charge in [0.15, 0.2) is 34.5 Å². The van der Waals surface area contributed by atoms with Crippen LogP contribution < -0.4 is 39.0 Å². The zero-order valence-electron chi connectivity index (χ0n) is 39.0. The Morgan fingerprint density at radius 2 is 1.23 bits per heavy atom. The molecule has 2 atom stereocenters. The van der Waals surface area contributed by atoms with Gasteiger partial charge in [-0.25, -0.2) is 14.8 Å². The Bertz CT molecular complexity index is 2250. The Morgan fingerprint density at radius 3 is 1.61 bits per heavy atom. The Balaban J connectivity index is -0.000000971. The third-order valence-electron chi connectivity index (χ3n) is 8.56. The number of rotatable bonds is 13. The van der Waals surface area contributed by atoms with Gasteiger partial charge in [-0.05, 0) is 68.0 Å². The van der Waals surface area contributed by atoms with Gasteiger partial charge in [-0.1, -0.05) is 52.0 Å². The maximum atomic E-state index is 12.3. The van der Waals surface area contributed by atoms with Crippen LogP contribution in [0.5, 0.6) is 11.5 Å². The van der Waals surface area contributed by atoms with E-state index in [-0.39, 0.29) is 99.2 Å². The summed E-state index contributed by atoms with van der Waals surface area (Å²) in [6, 6.07) is 15.5. The normalized spacial score (nSPS) is 10.8. The fraction of sp³-hybridized carbons (Fsp3) is 0.405. The first-order valence-corrected chi connectivity index (χ1v) is 29.7. The summed E-state index contributed by atoms with van der Waals surface area (Å²) < 4.78 is 21.0. The summed E-state index contributed by atoms with van der Waals surface area (Å²) in [7, 11) is 3.91. The first kappa shape index (κ1) is 64.7. The van der Waals surface area contributed by atoms with Crippen LogP contribution in [0.25, 0.3) is 11.3 Å². The molecule has 0 unspecified atom stereocenters. The van der Waals surface area contributed by atoms with Crippen molar-refractivity contribution in [2.45, 2.75) is 92.8 Å². The number of anilines is 2. The Labute approximate surface area is 457 Å². The van der Waals surface area contributed by atoms with Crippen LogP contribution in [0.1, 0.15) is 126 Å². The predicted molar refractivity (Wildman–Crippen MR) is 276 cm³/mol. The number of methoxy groups -OCH3 is 2. The fourth-order valence-corrected chi connectivity index (χ4v) is 5.57. The number of nitrogens with one attached hydrogen (secondary N) is 2. The minimum Gasteiger partial charge on any atom is 0 e. The number of halogens is 3. The zero-order chi connectivity index (χ0) is 45.6. The average Bonchev–Trinajstić information content (AvgIpc) is 3.91. The fourth-order valence-electron chi connectivity index (χ4n) is 5.57. The number of aromatic nitrogens is 8. The molecule has 0 saturated heterocycles. The van der Waals surface area contributed by atoms with Crippen LogP contribution in [0.15, 0.2) is 60.9 Å². The van der Waals surface area contributed by atoms with E-state index in [9.17, 15) is 9.90 Å². The Hall–Kier alpha value is -1.34. The van der Waals surface area contributed by atoms with Gasteiger partial charge in [0, 0.05) is 29.7 Å². The molecule has 0 amide bonds. The van der Waals surface area contributed by atoms with Crippen LogP contribution in [0.3, 0.4) is 0 Å². The van der Waals surface area contributed by atoms with E-state index in [0.29, 0.717) is 32.8 Å². The summed E-state index contributed by atoms with van der Waals surface area (Å²) in [6.45, 7) is 21.1. The van der Waals surface area contributed by atoms with Gasteiger partial charge >= 0.3 is 74.3 Å². The molecule has 4 heterocycles. The van der Waals surface area contributed by atoms with Crippen molar-refractivity contribution >= 4 is 109 Å². The van der Waals surface area contributed by atoms with E-state index < -0.39 is 5.97 Å². The van der Waals surface area contributed by atoms with Crippen molar-refractivity contribution in [2.24, 2.45) is 0 Å². The van der Waals surface area contributed by atoms with Crippen molar-refractivity contribution in [3.8, 4) is 11.5 Å². The molecule has 0 aliphatic heterocycles. The van der Waals surface area contributed by atoms with E-state index in [1.54, 1.807) is 49.5 Å². The minimum absolute atomic E-state index is 0.